The molecule has 9 heteroatoms. The smallest absolute Gasteiger partial charge is 0.338 e. The lowest BCUT2D eigenvalue weighted by Crippen LogP contribution is -2.61. The summed E-state index contributed by atoms with van der Waals surface area (Å²) < 4.78 is 8.22. The van der Waals surface area contributed by atoms with Gasteiger partial charge in [0.05, 0.1) is 22.3 Å². The van der Waals surface area contributed by atoms with E-state index in [0.717, 1.165) is 94.8 Å². The summed E-state index contributed by atoms with van der Waals surface area (Å²) in [6.45, 7) is 0.215. The minimum atomic E-state index is -0.390. The van der Waals surface area contributed by atoms with Crippen LogP contribution < -0.4 is 26.2 Å². The molecule has 2 aliphatic heterocycles. The van der Waals surface area contributed by atoms with E-state index in [9.17, 15) is 4.79 Å². The fourth-order valence-electron chi connectivity index (χ4n) is 12.9. The zero-order chi connectivity index (χ0) is 57.1. The van der Waals surface area contributed by atoms with Gasteiger partial charge < -0.3 is 19.1 Å². The molecule has 0 aliphatic carbocycles. The van der Waals surface area contributed by atoms with E-state index in [4.69, 9.17) is 19.7 Å². The Balaban J connectivity index is 0.866. The lowest BCUT2D eigenvalue weighted by atomic mass is 9.33. The molecule has 12 aromatic carbocycles. The van der Waals surface area contributed by atoms with Crippen molar-refractivity contribution in [1.29, 1.82) is 0 Å². The Hall–Kier alpha value is -11.4. The lowest BCUT2D eigenvalue weighted by molar-refractivity contribution is 0.0473. The van der Waals surface area contributed by atoms with Gasteiger partial charge in [0, 0.05) is 67.2 Å². The third-order valence-electron chi connectivity index (χ3n) is 16.8. The second kappa shape index (κ2) is 21.1. The van der Waals surface area contributed by atoms with Gasteiger partial charge in [-0.2, -0.15) is 0 Å². The number of nitrogens with zero attached hydrogens (tertiary/aromatic N) is 6. The zero-order valence-corrected chi connectivity index (χ0v) is 46.6. The number of hydrogen-bond donors (Lipinski definition) is 0. The Labute approximate surface area is 498 Å². The van der Waals surface area contributed by atoms with Crippen LogP contribution in [0.3, 0.4) is 0 Å². The van der Waals surface area contributed by atoms with E-state index in [1.807, 2.05) is 115 Å². The van der Waals surface area contributed by atoms with Crippen molar-refractivity contribution in [3.05, 3.63) is 308 Å². The van der Waals surface area contributed by atoms with Crippen LogP contribution in [-0.2, 0) is 11.3 Å². The van der Waals surface area contributed by atoms with E-state index in [1.54, 1.807) is 0 Å². The number of fused-ring (bicyclic) bond motifs is 7. The molecule has 0 bridgehead atoms. The SMILES string of the molecule is O=C(OCc1ccccc1)c1ccc2c(c1)c1ccccc1n2-c1c(-c2cccc(-c3cccc(N4c5ccccc5B5c6ccccc6N(c6ccccc6)c6cccc4c65)c3)c2)cccc1-c1nc(-c2ccccc2)nc(-c2ccccc2)n1. The third kappa shape index (κ3) is 8.63. The first-order valence-corrected chi connectivity index (χ1v) is 29.0. The van der Waals surface area contributed by atoms with Gasteiger partial charge >= 0.3 is 5.97 Å². The van der Waals surface area contributed by atoms with Crippen molar-refractivity contribution in [3.63, 3.8) is 0 Å². The predicted molar refractivity (Wildman–Crippen MR) is 351 cm³/mol. The minimum Gasteiger partial charge on any atom is -0.457 e. The van der Waals surface area contributed by atoms with Gasteiger partial charge in [-0.1, -0.05) is 212 Å². The molecule has 14 aromatic rings. The number of hydrogen-bond acceptors (Lipinski definition) is 7. The first-order chi connectivity index (χ1) is 42.6. The van der Waals surface area contributed by atoms with Gasteiger partial charge in [0.1, 0.15) is 6.61 Å². The minimum absolute atomic E-state index is 0.0417. The van der Waals surface area contributed by atoms with Gasteiger partial charge in [0.25, 0.3) is 6.71 Å². The fourth-order valence-corrected chi connectivity index (χ4v) is 12.9. The number of carbonyl (C=O) groups is 1. The van der Waals surface area contributed by atoms with E-state index in [1.165, 1.54) is 27.8 Å². The summed E-state index contributed by atoms with van der Waals surface area (Å²) >= 11 is 0. The summed E-state index contributed by atoms with van der Waals surface area (Å²) in [6.07, 6.45) is 0. The maximum atomic E-state index is 13.9. The van der Waals surface area contributed by atoms with Gasteiger partial charge in [0.15, 0.2) is 17.5 Å². The summed E-state index contributed by atoms with van der Waals surface area (Å²) in [5.74, 6) is 1.26. The first kappa shape index (κ1) is 50.3. The number of carbonyl (C=O) groups excluding carboxylic acids is 1. The van der Waals surface area contributed by atoms with Crippen molar-refractivity contribution in [3.8, 4) is 62.1 Å². The average Bonchev–Trinajstić information content (AvgIpc) is 0.846. The van der Waals surface area contributed by atoms with Crippen LogP contribution >= 0.6 is 0 Å². The van der Waals surface area contributed by atoms with E-state index in [0.29, 0.717) is 23.0 Å². The average molecular weight is 1100 g/mol. The van der Waals surface area contributed by atoms with Crippen LogP contribution in [0.4, 0.5) is 34.1 Å². The molecule has 0 atom stereocenters. The van der Waals surface area contributed by atoms with Gasteiger partial charge in [-0.05, 0) is 124 Å². The quantitative estimate of drug-likeness (QED) is 0.0943. The zero-order valence-electron chi connectivity index (χ0n) is 46.6. The second-order valence-corrected chi connectivity index (χ2v) is 21.8. The van der Waals surface area contributed by atoms with Crippen LogP contribution in [0.1, 0.15) is 15.9 Å². The van der Waals surface area contributed by atoms with E-state index < -0.39 is 0 Å². The van der Waals surface area contributed by atoms with E-state index in [-0.39, 0.29) is 19.3 Å². The highest BCUT2D eigenvalue weighted by Gasteiger charge is 2.43. The number of benzene rings is 12. The molecule has 0 fully saturated rings. The second-order valence-electron chi connectivity index (χ2n) is 21.8. The van der Waals surface area contributed by atoms with Gasteiger partial charge in [-0.25, -0.2) is 19.7 Å². The molecule has 0 saturated heterocycles. The molecule has 0 radical (unpaired) electrons. The summed E-state index contributed by atoms with van der Waals surface area (Å²) in [4.78, 5) is 34.6. The monoisotopic (exact) mass is 1100 g/mol. The first-order valence-electron chi connectivity index (χ1n) is 29.0. The molecule has 0 amide bonds. The predicted octanol–water partition coefficient (Wildman–Crippen LogP) is 16.7. The molecule has 8 nitrogen and oxygen atoms in total. The van der Waals surface area contributed by atoms with Crippen molar-refractivity contribution in [2.45, 2.75) is 6.61 Å². The number of rotatable bonds is 11. The molecule has 0 N–H and O–H groups in total. The lowest BCUT2D eigenvalue weighted by Gasteiger charge is -2.44. The molecule has 86 heavy (non-hydrogen) atoms. The van der Waals surface area contributed by atoms with Crippen molar-refractivity contribution in [2.75, 3.05) is 9.80 Å². The molecule has 0 unspecified atom stereocenters. The fraction of sp³-hybridized carbons (Fsp3) is 0.0130. The van der Waals surface area contributed by atoms with Crippen LogP contribution in [0.15, 0.2) is 297 Å². The summed E-state index contributed by atoms with van der Waals surface area (Å²) in [6, 6.07) is 104. The topological polar surface area (TPSA) is 76.4 Å². The number of para-hydroxylation sites is 5. The van der Waals surface area contributed by atoms with Crippen molar-refractivity contribution in [1.82, 2.24) is 19.5 Å². The largest absolute Gasteiger partial charge is 0.457 e. The van der Waals surface area contributed by atoms with Crippen LogP contribution in [0.5, 0.6) is 0 Å². The molecule has 404 valence electrons. The van der Waals surface area contributed by atoms with Crippen LogP contribution in [0, 0.1) is 0 Å². The van der Waals surface area contributed by atoms with E-state index >= 15 is 0 Å². The highest BCUT2D eigenvalue weighted by Crippen LogP contribution is 2.46. The van der Waals surface area contributed by atoms with Crippen molar-refractivity contribution in [2.24, 2.45) is 0 Å². The molecule has 2 aromatic heterocycles. The van der Waals surface area contributed by atoms with Crippen molar-refractivity contribution >= 4 is 85.0 Å². The number of ether oxygens (including phenoxy) is 1. The third-order valence-corrected chi connectivity index (χ3v) is 16.8. The molecule has 4 heterocycles. The Morgan fingerprint density at radius 1 is 0.372 bits per heavy atom. The Morgan fingerprint density at radius 2 is 0.860 bits per heavy atom. The Bertz CT molecular complexity index is 4880. The van der Waals surface area contributed by atoms with Gasteiger partial charge in [-0.3, -0.25) is 0 Å². The molecule has 2 aliphatic rings. The number of anilines is 6. The number of esters is 1. The summed E-state index contributed by atoms with van der Waals surface area (Å²) in [5.41, 5.74) is 21.5. The normalized spacial score (nSPS) is 12.2. The summed E-state index contributed by atoms with van der Waals surface area (Å²) in [7, 11) is 0. The van der Waals surface area contributed by atoms with Crippen LogP contribution in [-0.4, -0.2) is 32.2 Å². The molecule has 0 saturated carbocycles. The number of aromatic nitrogens is 4. The molecular formula is C77H51BN6O2. The summed E-state index contributed by atoms with van der Waals surface area (Å²) in [5, 5.41) is 1.90. The Morgan fingerprint density at radius 3 is 1.56 bits per heavy atom. The van der Waals surface area contributed by atoms with Crippen molar-refractivity contribution < 1.29 is 9.53 Å². The van der Waals surface area contributed by atoms with Gasteiger partial charge in [-0.15, -0.1) is 0 Å². The maximum Gasteiger partial charge on any atom is 0.338 e. The van der Waals surface area contributed by atoms with Gasteiger partial charge in [0.2, 0.25) is 0 Å². The molecular weight excluding hydrogens is 1050 g/mol. The highest BCUT2D eigenvalue weighted by atomic mass is 16.5. The maximum absolute atomic E-state index is 13.9. The Kier molecular flexibility index (Phi) is 12.3. The standard InChI is InChI=1S/C77H51BN6O2/c85-77(86-50-51-23-5-1-6-24-51)57-45-46-67-63(49-57)61-35-13-16-40-66(61)84(67)73-60(36-21-37-62(73)76-80-74(52-25-7-2-8-26-52)79-75(81-76)53-27-9-3-10-28-53)56-31-19-29-54(47-56)55-30-20-34-59(48-55)83-69-42-18-15-39-65(69)78-64-38-14-17-41-68(64)82(58-32-11-4-12-33-58)70-43-22-44-71(83)72(70)78/h1-49H,50H2. The molecule has 0 spiro atoms. The highest BCUT2D eigenvalue weighted by molar-refractivity contribution is 7.00. The van der Waals surface area contributed by atoms with Crippen LogP contribution in [0.25, 0.3) is 83.9 Å². The molecule has 16 rings (SSSR count). The van der Waals surface area contributed by atoms with Crippen LogP contribution in [0.2, 0.25) is 0 Å². The van der Waals surface area contributed by atoms with E-state index in [2.05, 4.69) is 196 Å².